The number of likely N-dealkylation sites (N-methyl/N-ethyl adjacent to an activating group) is 1. The lowest BCUT2D eigenvalue weighted by Crippen LogP contribution is -2.23. The Morgan fingerprint density at radius 2 is 2.44 bits per heavy atom. The van der Waals surface area contributed by atoms with Gasteiger partial charge in [-0.2, -0.15) is 0 Å². The van der Waals surface area contributed by atoms with E-state index in [4.69, 9.17) is 0 Å². The molecule has 0 aromatic rings. The van der Waals surface area contributed by atoms with Crippen LogP contribution < -0.4 is 0 Å². The zero-order chi connectivity index (χ0) is 6.85. The lowest BCUT2D eigenvalue weighted by molar-refractivity contribution is -0.517. The van der Waals surface area contributed by atoms with Crippen LogP contribution in [0.25, 0.3) is 0 Å². The summed E-state index contributed by atoms with van der Waals surface area (Å²) in [7, 11) is 1.91. The van der Waals surface area contributed by atoms with E-state index in [9.17, 15) is 10.1 Å². The highest BCUT2D eigenvalue weighted by Gasteiger charge is 2.28. The summed E-state index contributed by atoms with van der Waals surface area (Å²) in [6.45, 7) is 1.48. The molecule has 0 radical (unpaired) electrons. The van der Waals surface area contributed by atoms with E-state index in [0.717, 1.165) is 6.54 Å². The van der Waals surface area contributed by atoms with Crippen LogP contribution in [0, 0.1) is 10.1 Å². The highest BCUT2D eigenvalue weighted by Crippen LogP contribution is 2.08. The molecular weight excluding hydrogens is 120 g/mol. The SMILES string of the molecule is CN1CCC([N+](=O)[O-])C1. The van der Waals surface area contributed by atoms with Crippen molar-refractivity contribution in [2.45, 2.75) is 12.5 Å². The van der Waals surface area contributed by atoms with Crippen molar-refractivity contribution in [2.24, 2.45) is 0 Å². The van der Waals surface area contributed by atoms with Gasteiger partial charge in [-0.05, 0) is 7.05 Å². The largest absolute Gasteiger partial charge is 0.300 e. The molecule has 0 saturated carbocycles. The zero-order valence-corrected chi connectivity index (χ0v) is 5.41. The zero-order valence-electron chi connectivity index (χ0n) is 5.41. The van der Waals surface area contributed by atoms with Gasteiger partial charge in [-0.15, -0.1) is 0 Å². The molecule has 4 nitrogen and oxygen atoms in total. The second-order valence-electron chi connectivity index (χ2n) is 2.49. The summed E-state index contributed by atoms with van der Waals surface area (Å²) >= 11 is 0. The fourth-order valence-corrected chi connectivity index (χ4v) is 1.08. The van der Waals surface area contributed by atoms with Crippen LogP contribution in [0.5, 0.6) is 0 Å². The Hall–Kier alpha value is -0.640. The number of likely N-dealkylation sites (tertiary alicyclic amines) is 1. The molecule has 1 aliphatic heterocycles. The maximum Gasteiger partial charge on any atom is 0.226 e. The van der Waals surface area contributed by atoms with Crippen molar-refractivity contribution in [1.82, 2.24) is 4.90 Å². The standard InChI is InChI=1S/C5H10N2O2/c1-6-3-2-5(4-6)7(8)9/h5H,2-4H2,1H3. The molecule has 1 aliphatic rings. The molecule has 0 spiro atoms. The highest BCUT2D eigenvalue weighted by molar-refractivity contribution is 4.71. The molecule has 0 amide bonds. The first-order valence-electron chi connectivity index (χ1n) is 3.02. The Bertz CT molecular complexity index is 126. The van der Waals surface area contributed by atoms with Crippen molar-refractivity contribution in [2.75, 3.05) is 20.1 Å². The van der Waals surface area contributed by atoms with Crippen LogP contribution in [0.3, 0.4) is 0 Å². The fourth-order valence-electron chi connectivity index (χ4n) is 1.08. The van der Waals surface area contributed by atoms with Crippen molar-refractivity contribution in [3.8, 4) is 0 Å². The summed E-state index contributed by atoms with van der Waals surface area (Å²) in [6, 6.07) is -0.310. The van der Waals surface area contributed by atoms with E-state index < -0.39 is 0 Å². The Labute approximate surface area is 53.6 Å². The van der Waals surface area contributed by atoms with Crippen LogP contribution >= 0.6 is 0 Å². The predicted molar refractivity (Wildman–Crippen MR) is 32.9 cm³/mol. The molecule has 9 heavy (non-hydrogen) atoms. The lowest BCUT2D eigenvalue weighted by atomic mass is 10.3. The molecule has 1 fully saturated rings. The molecule has 4 heteroatoms. The maximum absolute atomic E-state index is 10.1. The number of rotatable bonds is 1. The van der Waals surface area contributed by atoms with Gasteiger partial charge >= 0.3 is 0 Å². The van der Waals surface area contributed by atoms with Crippen molar-refractivity contribution >= 4 is 0 Å². The number of nitro groups is 1. The van der Waals surface area contributed by atoms with Gasteiger partial charge in [-0.3, -0.25) is 15.0 Å². The van der Waals surface area contributed by atoms with Gasteiger partial charge in [0.15, 0.2) is 0 Å². The molecule has 0 aromatic carbocycles. The average Bonchev–Trinajstić information content (AvgIpc) is 2.14. The van der Waals surface area contributed by atoms with Crippen LogP contribution in [0.1, 0.15) is 6.42 Å². The normalized spacial score (nSPS) is 28.8. The molecule has 0 aliphatic carbocycles. The smallest absolute Gasteiger partial charge is 0.226 e. The van der Waals surface area contributed by atoms with Gasteiger partial charge in [0.25, 0.3) is 0 Å². The molecule has 1 atom stereocenters. The topological polar surface area (TPSA) is 46.4 Å². The molecule has 1 unspecified atom stereocenters. The summed E-state index contributed by atoms with van der Waals surface area (Å²) in [5.74, 6) is 0. The van der Waals surface area contributed by atoms with E-state index in [1.54, 1.807) is 0 Å². The van der Waals surface area contributed by atoms with Crippen molar-refractivity contribution in [3.05, 3.63) is 10.1 Å². The Morgan fingerprint density at radius 3 is 2.67 bits per heavy atom. The van der Waals surface area contributed by atoms with Gasteiger partial charge in [0.1, 0.15) is 0 Å². The molecule has 1 heterocycles. The second-order valence-corrected chi connectivity index (χ2v) is 2.49. The number of hydrogen-bond donors (Lipinski definition) is 0. The minimum atomic E-state index is -0.310. The van der Waals surface area contributed by atoms with E-state index in [2.05, 4.69) is 0 Å². The third kappa shape index (κ3) is 1.38. The van der Waals surface area contributed by atoms with E-state index >= 15 is 0 Å². The summed E-state index contributed by atoms with van der Waals surface area (Å²) in [4.78, 5) is 11.9. The minimum Gasteiger partial charge on any atom is -0.300 e. The number of hydrogen-bond acceptors (Lipinski definition) is 3. The van der Waals surface area contributed by atoms with E-state index in [-0.39, 0.29) is 11.0 Å². The maximum atomic E-state index is 10.1. The number of nitrogens with zero attached hydrogens (tertiary/aromatic N) is 2. The van der Waals surface area contributed by atoms with Crippen LogP contribution in [0.2, 0.25) is 0 Å². The van der Waals surface area contributed by atoms with Crippen LogP contribution in [-0.4, -0.2) is 36.0 Å². The third-order valence-electron chi connectivity index (χ3n) is 1.66. The van der Waals surface area contributed by atoms with Gasteiger partial charge in [0.2, 0.25) is 6.04 Å². The van der Waals surface area contributed by atoms with Crippen molar-refractivity contribution in [1.29, 1.82) is 0 Å². The first-order valence-corrected chi connectivity index (χ1v) is 3.02. The lowest BCUT2D eigenvalue weighted by Gasteiger charge is -2.02. The van der Waals surface area contributed by atoms with Crippen LogP contribution in [0.4, 0.5) is 0 Å². The Balaban J connectivity index is 2.39. The quantitative estimate of drug-likeness (QED) is 0.370. The Morgan fingerprint density at radius 1 is 1.78 bits per heavy atom. The van der Waals surface area contributed by atoms with Gasteiger partial charge in [-0.1, -0.05) is 0 Å². The van der Waals surface area contributed by atoms with Gasteiger partial charge in [0, 0.05) is 17.9 Å². The van der Waals surface area contributed by atoms with E-state index in [0.29, 0.717) is 13.0 Å². The summed E-state index contributed by atoms with van der Waals surface area (Å²) in [5.41, 5.74) is 0. The average molecular weight is 130 g/mol. The molecular formula is C5H10N2O2. The van der Waals surface area contributed by atoms with E-state index in [1.807, 2.05) is 11.9 Å². The fraction of sp³-hybridized carbons (Fsp3) is 1.00. The molecule has 0 N–H and O–H groups in total. The Kier molecular flexibility index (Phi) is 1.66. The monoisotopic (exact) mass is 130 g/mol. The second kappa shape index (κ2) is 2.31. The minimum absolute atomic E-state index is 0.191. The summed E-state index contributed by atoms with van der Waals surface area (Å²) < 4.78 is 0. The van der Waals surface area contributed by atoms with Crippen LogP contribution in [-0.2, 0) is 0 Å². The molecule has 0 bridgehead atoms. The molecule has 1 rings (SSSR count). The third-order valence-corrected chi connectivity index (χ3v) is 1.66. The highest BCUT2D eigenvalue weighted by atomic mass is 16.6. The van der Waals surface area contributed by atoms with Gasteiger partial charge in [-0.25, -0.2) is 0 Å². The van der Waals surface area contributed by atoms with Gasteiger partial charge < -0.3 is 0 Å². The van der Waals surface area contributed by atoms with Crippen molar-refractivity contribution in [3.63, 3.8) is 0 Å². The first kappa shape index (κ1) is 6.48. The van der Waals surface area contributed by atoms with E-state index in [1.165, 1.54) is 0 Å². The summed E-state index contributed by atoms with van der Waals surface area (Å²) in [5, 5.41) is 10.1. The summed E-state index contributed by atoms with van der Waals surface area (Å²) in [6.07, 6.45) is 0.712. The molecule has 0 aromatic heterocycles. The molecule has 1 saturated heterocycles. The predicted octanol–water partition coefficient (Wildman–Crippen LogP) is -0.0328. The van der Waals surface area contributed by atoms with Crippen molar-refractivity contribution < 1.29 is 4.92 Å². The molecule has 52 valence electrons. The first-order chi connectivity index (χ1) is 4.20. The van der Waals surface area contributed by atoms with Gasteiger partial charge in [0.05, 0.1) is 6.54 Å². The van der Waals surface area contributed by atoms with Crippen LogP contribution in [0.15, 0.2) is 0 Å².